The Morgan fingerprint density at radius 1 is 1.23 bits per heavy atom. The molecule has 1 unspecified atom stereocenters. The van der Waals surface area contributed by atoms with E-state index in [2.05, 4.69) is 39.5 Å². The molecule has 10 nitrogen and oxygen atoms in total. The van der Waals surface area contributed by atoms with Crippen LogP contribution in [-0.4, -0.2) is 71.5 Å². The third-order valence-corrected chi connectivity index (χ3v) is 10.2. The second kappa shape index (κ2) is 8.67. The summed E-state index contributed by atoms with van der Waals surface area (Å²) in [6.45, 7) is 4.72. The third kappa shape index (κ3) is 3.87. The summed E-state index contributed by atoms with van der Waals surface area (Å²) >= 11 is 2.20. The number of rotatable bonds is 5. The van der Waals surface area contributed by atoms with Crippen molar-refractivity contribution in [3.05, 3.63) is 27.6 Å². The number of hydrogen-bond donors (Lipinski definition) is 0. The smallest absolute Gasteiger partial charge is 0.181 e. The van der Waals surface area contributed by atoms with Crippen LogP contribution < -0.4 is 4.90 Å². The first-order valence-corrected chi connectivity index (χ1v) is 15.1. The summed E-state index contributed by atoms with van der Waals surface area (Å²) in [5.41, 5.74) is 2.35. The second-order valence-corrected chi connectivity index (χ2v) is 13.1. The van der Waals surface area contributed by atoms with E-state index in [1.54, 1.807) is 6.20 Å². The van der Waals surface area contributed by atoms with Crippen LogP contribution in [0.3, 0.4) is 0 Å². The number of morpholine rings is 1. The lowest BCUT2D eigenvalue weighted by Gasteiger charge is -2.34. The van der Waals surface area contributed by atoms with Crippen molar-refractivity contribution in [1.29, 1.82) is 0 Å². The van der Waals surface area contributed by atoms with E-state index in [4.69, 9.17) is 19.6 Å². The molecule has 12 heteroatoms. The van der Waals surface area contributed by atoms with Gasteiger partial charge in [-0.15, -0.1) is 5.10 Å². The van der Waals surface area contributed by atoms with Crippen LogP contribution in [0.25, 0.3) is 17.0 Å². The van der Waals surface area contributed by atoms with Crippen molar-refractivity contribution in [2.45, 2.75) is 56.0 Å². The zero-order valence-corrected chi connectivity index (χ0v) is 22.8. The summed E-state index contributed by atoms with van der Waals surface area (Å²) < 4.78 is 41.2. The van der Waals surface area contributed by atoms with Gasteiger partial charge in [0.15, 0.2) is 21.9 Å². The van der Waals surface area contributed by atoms with Crippen LogP contribution in [0.4, 0.5) is 5.82 Å². The summed E-state index contributed by atoms with van der Waals surface area (Å²) in [5, 5.41) is 9.60. The van der Waals surface area contributed by atoms with E-state index in [0.29, 0.717) is 45.0 Å². The van der Waals surface area contributed by atoms with Crippen molar-refractivity contribution in [2.75, 3.05) is 37.5 Å². The van der Waals surface area contributed by atoms with E-state index in [-0.39, 0.29) is 12.3 Å². The molecule has 2 aliphatic heterocycles. The first-order valence-electron chi connectivity index (χ1n) is 12.1. The van der Waals surface area contributed by atoms with Crippen LogP contribution in [-0.2, 0) is 24.1 Å². The van der Waals surface area contributed by atoms with E-state index < -0.39 is 14.6 Å². The maximum absolute atomic E-state index is 13.0. The minimum Gasteiger partial charge on any atom is -0.377 e. The Morgan fingerprint density at radius 3 is 2.74 bits per heavy atom. The molecule has 0 bridgehead atoms. The number of imidazole rings is 1. The Labute approximate surface area is 218 Å². The van der Waals surface area contributed by atoms with Crippen LogP contribution in [0.5, 0.6) is 0 Å². The Morgan fingerprint density at radius 2 is 2.06 bits per heavy atom. The average molecular weight is 612 g/mol. The molecule has 3 fully saturated rings. The van der Waals surface area contributed by atoms with Gasteiger partial charge in [0, 0.05) is 31.2 Å². The molecule has 0 spiro atoms. The lowest BCUT2D eigenvalue weighted by Crippen LogP contribution is -2.44. The lowest BCUT2D eigenvalue weighted by atomic mass is 10.1. The predicted octanol–water partition coefficient (Wildman–Crippen LogP) is 3.16. The van der Waals surface area contributed by atoms with Gasteiger partial charge in [-0.25, -0.2) is 22.6 Å². The van der Waals surface area contributed by atoms with Gasteiger partial charge >= 0.3 is 0 Å². The van der Waals surface area contributed by atoms with Gasteiger partial charge in [-0.05, 0) is 73.8 Å². The molecule has 0 amide bonds. The van der Waals surface area contributed by atoms with Crippen LogP contribution in [0, 0.1) is 3.70 Å². The Bertz CT molecular complexity index is 1380. The molecule has 0 N–H and O–H groups in total. The quantitative estimate of drug-likeness (QED) is 0.405. The second-order valence-electron chi connectivity index (χ2n) is 9.77. The first-order chi connectivity index (χ1) is 16.8. The molecule has 188 valence electrons. The van der Waals surface area contributed by atoms with Gasteiger partial charge in [-0.3, -0.25) is 0 Å². The van der Waals surface area contributed by atoms with Gasteiger partial charge in [0.05, 0.1) is 24.0 Å². The molecule has 35 heavy (non-hydrogen) atoms. The number of anilines is 1. The highest BCUT2D eigenvalue weighted by atomic mass is 127. The predicted molar refractivity (Wildman–Crippen MR) is 139 cm³/mol. The van der Waals surface area contributed by atoms with E-state index in [1.807, 2.05) is 21.3 Å². The van der Waals surface area contributed by atoms with Gasteiger partial charge in [0.1, 0.15) is 20.7 Å². The zero-order valence-electron chi connectivity index (χ0n) is 19.9. The molecular weight excluding hydrogens is 583 g/mol. The molecule has 3 aliphatic rings. The standard InChI is InChI=1S/C23H29IN6O4S/c1-15-14-33-12-10-28(15)18-13-16(23(7-8-23)35(2,31)32)20-21(24)26-22(30(20)27-18)17-6-9-25-29(17)19-5-3-4-11-34-19/h6,9,13,15,19H,3-5,7-8,10-12,14H2,1-2H3/t15-,19?/m1/s1. The van der Waals surface area contributed by atoms with E-state index in [9.17, 15) is 8.42 Å². The fourth-order valence-electron chi connectivity index (χ4n) is 5.35. The fourth-order valence-corrected chi connectivity index (χ4v) is 7.50. The number of aromatic nitrogens is 5. The van der Waals surface area contributed by atoms with Crippen LogP contribution in [0.2, 0.25) is 0 Å². The normalized spacial score (nSPS) is 24.7. The van der Waals surface area contributed by atoms with Crippen molar-refractivity contribution < 1.29 is 17.9 Å². The van der Waals surface area contributed by atoms with Crippen molar-refractivity contribution in [2.24, 2.45) is 0 Å². The lowest BCUT2D eigenvalue weighted by molar-refractivity contribution is -0.0384. The molecule has 3 aromatic rings. The maximum Gasteiger partial charge on any atom is 0.181 e. The SMILES string of the molecule is C[C@@H]1COCCN1c1cc(C2(S(C)(=O)=O)CC2)c2c(I)nc(-c3ccnn3C3CCCCO3)n2n1. The largest absolute Gasteiger partial charge is 0.377 e. The third-order valence-electron chi connectivity index (χ3n) is 7.44. The van der Waals surface area contributed by atoms with Crippen molar-refractivity contribution in [3.63, 3.8) is 0 Å². The molecule has 0 radical (unpaired) electrons. The molecule has 6 rings (SSSR count). The number of fused-ring (bicyclic) bond motifs is 1. The Hall–Kier alpha value is -1.77. The molecule has 3 aromatic heterocycles. The monoisotopic (exact) mass is 612 g/mol. The first kappa shape index (κ1) is 23.6. The van der Waals surface area contributed by atoms with Gasteiger partial charge < -0.3 is 14.4 Å². The summed E-state index contributed by atoms with van der Waals surface area (Å²) in [5.74, 6) is 1.39. The van der Waals surface area contributed by atoms with E-state index >= 15 is 0 Å². The number of sulfone groups is 1. The molecular formula is C23H29IN6O4S. The summed E-state index contributed by atoms with van der Waals surface area (Å²) in [6, 6.07) is 4.03. The Balaban J connectivity index is 1.58. The number of ether oxygens (including phenoxy) is 2. The van der Waals surface area contributed by atoms with Crippen molar-refractivity contribution >= 4 is 43.8 Å². The van der Waals surface area contributed by atoms with Gasteiger partial charge in [-0.1, -0.05) is 0 Å². The van der Waals surface area contributed by atoms with Crippen LogP contribution >= 0.6 is 22.6 Å². The van der Waals surface area contributed by atoms with Gasteiger partial charge in [-0.2, -0.15) is 5.10 Å². The fraction of sp³-hybridized carbons (Fsp3) is 0.609. The molecule has 2 atom stereocenters. The number of halogens is 1. The van der Waals surface area contributed by atoms with Crippen LogP contribution in [0.1, 0.15) is 50.8 Å². The highest BCUT2D eigenvalue weighted by Crippen LogP contribution is 2.54. The van der Waals surface area contributed by atoms with Crippen LogP contribution in [0.15, 0.2) is 18.3 Å². The average Bonchev–Trinajstić information content (AvgIpc) is 3.42. The summed E-state index contributed by atoms with van der Waals surface area (Å²) in [4.78, 5) is 7.11. The molecule has 0 aromatic carbocycles. The van der Waals surface area contributed by atoms with Gasteiger partial charge in [0.2, 0.25) is 0 Å². The molecule has 1 aliphatic carbocycles. The molecule has 1 saturated carbocycles. The summed E-state index contributed by atoms with van der Waals surface area (Å²) in [7, 11) is -3.34. The maximum atomic E-state index is 13.0. The van der Waals surface area contributed by atoms with Gasteiger partial charge in [0.25, 0.3) is 0 Å². The highest BCUT2D eigenvalue weighted by Gasteiger charge is 2.55. The van der Waals surface area contributed by atoms with E-state index in [0.717, 1.165) is 45.6 Å². The van der Waals surface area contributed by atoms with E-state index in [1.165, 1.54) is 6.26 Å². The minimum absolute atomic E-state index is 0.127. The summed E-state index contributed by atoms with van der Waals surface area (Å²) in [6.07, 6.45) is 7.19. The highest BCUT2D eigenvalue weighted by molar-refractivity contribution is 14.1. The van der Waals surface area contributed by atoms with Crippen molar-refractivity contribution in [3.8, 4) is 11.5 Å². The number of hydrogen-bond acceptors (Lipinski definition) is 8. The molecule has 2 saturated heterocycles. The zero-order chi connectivity index (χ0) is 24.4. The minimum atomic E-state index is -3.34. The topological polar surface area (TPSA) is 104 Å². The molecule has 5 heterocycles. The van der Waals surface area contributed by atoms with Crippen molar-refractivity contribution in [1.82, 2.24) is 24.4 Å². The number of nitrogens with zero attached hydrogens (tertiary/aromatic N) is 6. The Kier molecular flexibility index (Phi) is 5.85.